The van der Waals surface area contributed by atoms with Crippen LogP contribution in [-0.4, -0.2) is 48.6 Å². The van der Waals surface area contributed by atoms with Crippen molar-refractivity contribution >= 4 is 17.5 Å². The Bertz CT molecular complexity index is 873. The van der Waals surface area contributed by atoms with Crippen LogP contribution in [0.3, 0.4) is 0 Å². The summed E-state index contributed by atoms with van der Waals surface area (Å²) in [6.07, 6.45) is 4.72. The molecule has 1 aliphatic heterocycles. The van der Waals surface area contributed by atoms with E-state index in [1.54, 1.807) is 6.08 Å². The summed E-state index contributed by atoms with van der Waals surface area (Å²) in [6, 6.07) is 0. The normalized spacial score (nSPS) is 38.4. The van der Waals surface area contributed by atoms with Crippen molar-refractivity contribution in [1.29, 1.82) is 0 Å². The fraction of sp³-hybridized carbons (Fsp3) is 0.450. The van der Waals surface area contributed by atoms with E-state index in [2.05, 4.69) is 0 Å². The van der Waals surface area contributed by atoms with Crippen molar-refractivity contribution < 1.29 is 29.0 Å². The summed E-state index contributed by atoms with van der Waals surface area (Å²) in [7, 11) is 1.50. The third kappa shape index (κ3) is 1.91. The zero-order valence-electron chi connectivity index (χ0n) is 14.9. The Kier molecular flexibility index (Phi) is 3.52. The summed E-state index contributed by atoms with van der Waals surface area (Å²) in [5.41, 5.74) is 0.563. The number of aliphatic hydroxyl groups is 1. The van der Waals surface area contributed by atoms with Gasteiger partial charge in [0.2, 0.25) is 0 Å². The molecule has 0 bridgehead atoms. The first-order valence-corrected chi connectivity index (χ1v) is 8.57. The molecule has 3 aliphatic carbocycles. The monoisotopic (exact) mass is 356 g/mol. The Balaban J connectivity index is 1.97. The van der Waals surface area contributed by atoms with Crippen molar-refractivity contribution in [1.82, 2.24) is 0 Å². The average molecular weight is 356 g/mol. The van der Waals surface area contributed by atoms with Crippen LogP contribution in [0.5, 0.6) is 0 Å². The van der Waals surface area contributed by atoms with E-state index in [-0.39, 0.29) is 18.2 Å². The van der Waals surface area contributed by atoms with Crippen molar-refractivity contribution in [2.75, 3.05) is 13.7 Å². The van der Waals surface area contributed by atoms with Crippen molar-refractivity contribution in [3.63, 3.8) is 0 Å². The molecule has 0 aromatic rings. The number of cyclic esters (lactones) is 1. The molecule has 0 saturated carbocycles. The lowest BCUT2D eigenvalue weighted by atomic mass is 9.57. The maximum Gasteiger partial charge on any atom is 0.339 e. The smallest absolute Gasteiger partial charge is 0.339 e. The molecular weight excluding hydrogens is 336 g/mol. The molecule has 4 aliphatic rings. The Morgan fingerprint density at radius 2 is 2.00 bits per heavy atom. The van der Waals surface area contributed by atoms with Gasteiger partial charge in [-0.25, -0.2) is 4.79 Å². The number of rotatable bonds is 2. The number of carbonyl (C=O) groups excluding carboxylic acids is 3. The van der Waals surface area contributed by atoms with E-state index in [0.717, 1.165) is 0 Å². The fourth-order valence-corrected chi connectivity index (χ4v) is 4.56. The van der Waals surface area contributed by atoms with Crippen molar-refractivity contribution in [3.05, 3.63) is 46.6 Å². The minimum atomic E-state index is -1.49. The second-order valence-corrected chi connectivity index (χ2v) is 7.59. The molecule has 4 rings (SSSR count). The summed E-state index contributed by atoms with van der Waals surface area (Å²) >= 11 is 0. The first kappa shape index (κ1) is 17.1. The van der Waals surface area contributed by atoms with Crippen LogP contribution in [0.25, 0.3) is 0 Å². The van der Waals surface area contributed by atoms with Gasteiger partial charge < -0.3 is 14.6 Å². The van der Waals surface area contributed by atoms with Gasteiger partial charge in [-0.05, 0) is 49.1 Å². The molecule has 26 heavy (non-hydrogen) atoms. The molecule has 1 saturated heterocycles. The zero-order chi connectivity index (χ0) is 18.9. The number of aliphatic hydroxyl groups excluding tert-OH is 1. The van der Waals surface area contributed by atoms with Crippen LogP contribution < -0.4 is 0 Å². The number of hydrogen-bond donors (Lipinski definition) is 1. The van der Waals surface area contributed by atoms with Crippen LogP contribution in [0.4, 0.5) is 0 Å². The first-order chi connectivity index (χ1) is 12.2. The molecule has 4 atom stereocenters. The van der Waals surface area contributed by atoms with E-state index in [1.165, 1.54) is 19.3 Å². The number of ether oxygens (including phenoxy) is 2. The van der Waals surface area contributed by atoms with Gasteiger partial charge in [0.25, 0.3) is 0 Å². The highest BCUT2D eigenvalue weighted by Gasteiger charge is 2.57. The number of esters is 1. The number of carbonyl (C=O) groups is 3. The molecule has 0 spiro atoms. The van der Waals surface area contributed by atoms with Gasteiger partial charge in [0.1, 0.15) is 6.10 Å². The van der Waals surface area contributed by atoms with Crippen molar-refractivity contribution in [2.24, 2.45) is 10.8 Å². The number of ketones is 2. The van der Waals surface area contributed by atoms with E-state index in [9.17, 15) is 19.5 Å². The third-order valence-electron chi connectivity index (χ3n) is 6.22. The average Bonchev–Trinajstić information content (AvgIpc) is 2.90. The highest BCUT2D eigenvalue weighted by atomic mass is 16.6. The van der Waals surface area contributed by atoms with Gasteiger partial charge in [-0.1, -0.05) is 12.2 Å². The number of hydrogen-bond acceptors (Lipinski definition) is 6. The van der Waals surface area contributed by atoms with E-state index in [1.807, 2.05) is 19.9 Å². The van der Waals surface area contributed by atoms with Crippen LogP contribution in [0.2, 0.25) is 0 Å². The van der Waals surface area contributed by atoms with Crippen LogP contribution in [0, 0.1) is 10.8 Å². The van der Waals surface area contributed by atoms with Crippen LogP contribution in [0.15, 0.2) is 46.6 Å². The molecule has 0 radical (unpaired) electrons. The number of fused-ring (bicyclic) bond motifs is 4. The summed E-state index contributed by atoms with van der Waals surface area (Å²) in [4.78, 5) is 37.3. The summed E-state index contributed by atoms with van der Waals surface area (Å²) < 4.78 is 10.7. The van der Waals surface area contributed by atoms with Gasteiger partial charge in [-0.3, -0.25) is 9.59 Å². The predicted octanol–water partition coefficient (Wildman–Crippen LogP) is 1.21. The minimum Gasteiger partial charge on any atom is -0.456 e. The molecule has 0 amide bonds. The summed E-state index contributed by atoms with van der Waals surface area (Å²) in [5, 5.41) is 10.4. The second kappa shape index (κ2) is 5.34. The maximum absolute atomic E-state index is 12.9. The molecule has 136 valence electrons. The molecule has 0 aromatic carbocycles. The van der Waals surface area contributed by atoms with E-state index in [4.69, 9.17) is 9.47 Å². The lowest BCUT2D eigenvalue weighted by molar-refractivity contribution is -0.174. The Hall–Kier alpha value is -2.31. The second-order valence-electron chi connectivity index (χ2n) is 7.59. The van der Waals surface area contributed by atoms with Gasteiger partial charge >= 0.3 is 5.97 Å². The van der Waals surface area contributed by atoms with Crippen molar-refractivity contribution in [2.45, 2.75) is 32.5 Å². The molecular formula is C20H20O6. The van der Waals surface area contributed by atoms with Gasteiger partial charge in [0.05, 0.1) is 17.4 Å². The van der Waals surface area contributed by atoms with Gasteiger partial charge in [0, 0.05) is 12.7 Å². The largest absolute Gasteiger partial charge is 0.456 e. The molecule has 1 fully saturated rings. The van der Waals surface area contributed by atoms with Crippen molar-refractivity contribution in [3.8, 4) is 0 Å². The standard InChI is InChI=1S/C20H20O6/c1-19-7-6-11-16(10(19)4-5-14(19)22)13(21)8-12-17(23)18(24)26-15(9-25-3)20(11,12)2/h4-6,8,15,17,23H,7,9H2,1-3H3. The lowest BCUT2D eigenvalue weighted by Gasteiger charge is -2.49. The Morgan fingerprint density at radius 1 is 1.27 bits per heavy atom. The quantitative estimate of drug-likeness (QED) is 0.748. The molecule has 6 nitrogen and oxygen atoms in total. The van der Waals surface area contributed by atoms with Crippen LogP contribution >= 0.6 is 0 Å². The van der Waals surface area contributed by atoms with E-state index in [0.29, 0.717) is 28.7 Å². The number of methoxy groups -OCH3 is 1. The molecule has 6 heteroatoms. The highest BCUT2D eigenvalue weighted by molar-refractivity contribution is 6.15. The van der Waals surface area contributed by atoms with Gasteiger partial charge in [-0.15, -0.1) is 0 Å². The fourth-order valence-electron chi connectivity index (χ4n) is 4.56. The van der Waals surface area contributed by atoms with Crippen LogP contribution in [0.1, 0.15) is 20.3 Å². The summed E-state index contributed by atoms with van der Waals surface area (Å²) in [5.74, 6) is -1.10. The summed E-state index contributed by atoms with van der Waals surface area (Å²) in [6.45, 7) is 3.81. The first-order valence-electron chi connectivity index (χ1n) is 8.57. The Morgan fingerprint density at radius 3 is 2.69 bits per heavy atom. The molecule has 1 N–H and O–H groups in total. The SMILES string of the molecule is COCC1OC(=O)C(O)C2=CC(=O)C3=C4C=CC(=O)C4(C)CC=C3C21C. The molecule has 1 heterocycles. The zero-order valence-corrected chi connectivity index (χ0v) is 14.9. The third-order valence-corrected chi connectivity index (χ3v) is 6.22. The molecule has 4 unspecified atom stereocenters. The van der Waals surface area contributed by atoms with Gasteiger partial charge in [-0.2, -0.15) is 0 Å². The van der Waals surface area contributed by atoms with Crippen LogP contribution in [-0.2, 0) is 23.9 Å². The molecule has 0 aromatic heterocycles. The lowest BCUT2D eigenvalue weighted by Crippen LogP contribution is -2.55. The predicted molar refractivity (Wildman–Crippen MR) is 90.9 cm³/mol. The van der Waals surface area contributed by atoms with Gasteiger partial charge in [0.15, 0.2) is 17.7 Å². The van der Waals surface area contributed by atoms with E-state index < -0.39 is 29.0 Å². The highest BCUT2D eigenvalue weighted by Crippen LogP contribution is 2.56. The topological polar surface area (TPSA) is 89.9 Å². The Labute approximate surface area is 150 Å². The minimum absolute atomic E-state index is 0.0217. The van der Waals surface area contributed by atoms with E-state index >= 15 is 0 Å². The number of allylic oxidation sites excluding steroid dienone is 6. The maximum atomic E-state index is 12.9.